The first-order valence-electron chi connectivity index (χ1n) is 10.2. The zero-order valence-electron chi connectivity index (χ0n) is 18.2. The summed E-state index contributed by atoms with van der Waals surface area (Å²) in [5, 5.41) is 0.451. The SMILES string of the molecule is COc1cc(/C=C2/SC(=O)N(Cc3ccc(Cl)cc3Cl)C2=O)cc(Br)c1OCc1cccc(F)c1. The van der Waals surface area contributed by atoms with Crippen molar-refractivity contribution in [2.75, 3.05) is 7.11 Å². The van der Waals surface area contributed by atoms with Gasteiger partial charge in [-0.1, -0.05) is 41.4 Å². The molecule has 1 aliphatic heterocycles. The number of hydrogen-bond acceptors (Lipinski definition) is 5. The van der Waals surface area contributed by atoms with Crippen molar-refractivity contribution < 1.29 is 23.5 Å². The summed E-state index contributed by atoms with van der Waals surface area (Å²) in [4.78, 5) is 26.9. The molecule has 1 saturated heterocycles. The first-order valence-corrected chi connectivity index (χ1v) is 12.6. The molecule has 35 heavy (non-hydrogen) atoms. The molecule has 0 unspecified atom stereocenters. The van der Waals surface area contributed by atoms with Crippen LogP contribution < -0.4 is 9.47 Å². The van der Waals surface area contributed by atoms with Gasteiger partial charge in [-0.3, -0.25) is 14.5 Å². The average molecular weight is 597 g/mol. The molecule has 0 bridgehead atoms. The molecule has 180 valence electrons. The topological polar surface area (TPSA) is 55.8 Å². The van der Waals surface area contributed by atoms with Crippen molar-refractivity contribution in [2.45, 2.75) is 13.2 Å². The van der Waals surface area contributed by atoms with Gasteiger partial charge in [0.25, 0.3) is 11.1 Å². The van der Waals surface area contributed by atoms with Gasteiger partial charge in [0.1, 0.15) is 12.4 Å². The monoisotopic (exact) mass is 595 g/mol. The Labute approximate surface area is 223 Å². The summed E-state index contributed by atoms with van der Waals surface area (Å²) in [6.07, 6.45) is 1.61. The summed E-state index contributed by atoms with van der Waals surface area (Å²) in [6, 6.07) is 14.4. The molecule has 3 aromatic rings. The zero-order valence-corrected chi connectivity index (χ0v) is 22.1. The molecule has 5 nitrogen and oxygen atoms in total. The number of methoxy groups -OCH3 is 1. The highest BCUT2D eigenvalue weighted by molar-refractivity contribution is 9.10. The molecule has 4 rings (SSSR count). The Morgan fingerprint density at radius 2 is 1.91 bits per heavy atom. The molecule has 0 spiro atoms. The van der Waals surface area contributed by atoms with Crippen molar-refractivity contribution in [1.29, 1.82) is 0 Å². The van der Waals surface area contributed by atoms with Gasteiger partial charge in [-0.25, -0.2) is 4.39 Å². The van der Waals surface area contributed by atoms with Gasteiger partial charge < -0.3 is 9.47 Å². The van der Waals surface area contributed by atoms with Crippen molar-refractivity contribution in [3.63, 3.8) is 0 Å². The minimum atomic E-state index is -0.424. The fourth-order valence-corrected chi connectivity index (χ4v) is 5.23. The van der Waals surface area contributed by atoms with Crippen molar-refractivity contribution in [3.05, 3.63) is 96.5 Å². The Kier molecular flexibility index (Phi) is 8.06. The molecule has 3 aromatic carbocycles. The highest BCUT2D eigenvalue weighted by Crippen LogP contribution is 2.40. The molecule has 2 amide bonds. The number of amides is 2. The lowest BCUT2D eigenvalue weighted by atomic mass is 10.1. The molecule has 0 saturated carbocycles. The van der Waals surface area contributed by atoms with E-state index in [1.165, 1.54) is 19.2 Å². The Morgan fingerprint density at radius 1 is 1.11 bits per heavy atom. The van der Waals surface area contributed by atoms with E-state index in [1.807, 2.05) is 0 Å². The second-order valence-corrected chi connectivity index (χ2v) is 10.1. The van der Waals surface area contributed by atoms with Gasteiger partial charge in [-0.2, -0.15) is 0 Å². The predicted molar refractivity (Wildman–Crippen MR) is 139 cm³/mol. The average Bonchev–Trinajstić information content (AvgIpc) is 3.07. The lowest BCUT2D eigenvalue weighted by molar-refractivity contribution is -0.123. The molecule has 1 fully saturated rings. The standard InChI is InChI=1S/C25H17BrCl2FNO4S/c1-33-21-9-15(8-19(26)23(21)34-13-14-3-2-4-18(29)7-14)10-22-24(31)30(25(32)35-22)12-16-5-6-17(27)11-20(16)28/h2-11H,12-13H2,1H3/b22-10+. The van der Waals surface area contributed by atoms with Gasteiger partial charge in [0.2, 0.25) is 0 Å². The molecular weight excluding hydrogens is 580 g/mol. The van der Waals surface area contributed by atoms with Crippen LogP contribution in [0, 0.1) is 5.82 Å². The lowest BCUT2D eigenvalue weighted by Gasteiger charge is -2.14. The second-order valence-electron chi connectivity index (χ2n) is 7.46. The maximum absolute atomic E-state index is 13.4. The van der Waals surface area contributed by atoms with Gasteiger partial charge in [0.15, 0.2) is 11.5 Å². The van der Waals surface area contributed by atoms with E-state index in [4.69, 9.17) is 32.7 Å². The van der Waals surface area contributed by atoms with Gasteiger partial charge in [0.05, 0.1) is 23.0 Å². The Balaban J connectivity index is 1.54. The molecule has 0 radical (unpaired) electrons. The minimum Gasteiger partial charge on any atom is -0.493 e. The van der Waals surface area contributed by atoms with E-state index in [1.54, 1.807) is 48.5 Å². The predicted octanol–water partition coefficient (Wildman–Crippen LogP) is 7.72. The molecule has 0 aromatic heterocycles. The third-order valence-corrected chi connectivity index (χ3v) is 7.12. The molecule has 0 N–H and O–H groups in total. The van der Waals surface area contributed by atoms with E-state index < -0.39 is 11.1 Å². The van der Waals surface area contributed by atoms with E-state index in [0.29, 0.717) is 42.7 Å². The van der Waals surface area contributed by atoms with Crippen LogP contribution in [0.5, 0.6) is 11.5 Å². The number of imide groups is 1. The fourth-order valence-electron chi connectivity index (χ4n) is 3.35. The summed E-state index contributed by atoms with van der Waals surface area (Å²) in [7, 11) is 1.49. The lowest BCUT2D eigenvalue weighted by Crippen LogP contribution is -2.27. The zero-order chi connectivity index (χ0) is 25.1. The van der Waals surface area contributed by atoms with E-state index in [0.717, 1.165) is 16.7 Å². The van der Waals surface area contributed by atoms with Crippen LogP contribution in [0.2, 0.25) is 10.0 Å². The number of hydrogen-bond donors (Lipinski definition) is 0. The third kappa shape index (κ3) is 6.01. The largest absolute Gasteiger partial charge is 0.493 e. The number of benzene rings is 3. The molecule has 0 aliphatic carbocycles. The Hall–Kier alpha value is -2.52. The summed E-state index contributed by atoms with van der Waals surface area (Å²) in [5.41, 5.74) is 1.91. The van der Waals surface area contributed by atoms with E-state index in [2.05, 4.69) is 15.9 Å². The summed E-state index contributed by atoms with van der Waals surface area (Å²) in [5.74, 6) is 0.0703. The fraction of sp³-hybridized carbons (Fsp3) is 0.120. The quantitative estimate of drug-likeness (QED) is 0.261. The number of halogens is 4. The molecular formula is C25H17BrCl2FNO4S. The van der Waals surface area contributed by atoms with Crippen LogP contribution in [-0.4, -0.2) is 23.2 Å². The van der Waals surface area contributed by atoms with Crippen molar-refractivity contribution in [3.8, 4) is 11.5 Å². The number of ether oxygens (including phenoxy) is 2. The van der Waals surface area contributed by atoms with Crippen LogP contribution in [0.1, 0.15) is 16.7 Å². The number of nitrogens with zero attached hydrogens (tertiary/aromatic N) is 1. The summed E-state index contributed by atoms with van der Waals surface area (Å²) in [6.45, 7) is 0.177. The highest BCUT2D eigenvalue weighted by Gasteiger charge is 2.35. The maximum atomic E-state index is 13.4. The molecule has 0 atom stereocenters. The van der Waals surface area contributed by atoms with Crippen LogP contribution >= 0.6 is 50.9 Å². The van der Waals surface area contributed by atoms with Crippen molar-refractivity contribution in [2.24, 2.45) is 0 Å². The third-order valence-electron chi connectivity index (χ3n) is 5.04. The number of rotatable bonds is 7. The van der Waals surface area contributed by atoms with Gasteiger partial charge >= 0.3 is 0 Å². The molecule has 1 heterocycles. The van der Waals surface area contributed by atoms with Gasteiger partial charge in [-0.05, 0) is 86.9 Å². The maximum Gasteiger partial charge on any atom is 0.293 e. The highest BCUT2D eigenvalue weighted by atomic mass is 79.9. The van der Waals surface area contributed by atoms with Crippen LogP contribution in [0.4, 0.5) is 9.18 Å². The first-order chi connectivity index (χ1) is 16.7. The minimum absolute atomic E-state index is 0.0396. The first kappa shape index (κ1) is 25.6. The van der Waals surface area contributed by atoms with Crippen molar-refractivity contribution >= 4 is 68.1 Å². The second kappa shape index (κ2) is 11.0. The summed E-state index contributed by atoms with van der Waals surface area (Å²) < 4.78 is 25.3. The number of carbonyl (C=O) groups is 2. The van der Waals surface area contributed by atoms with Crippen LogP contribution in [-0.2, 0) is 17.9 Å². The van der Waals surface area contributed by atoms with Crippen molar-refractivity contribution in [1.82, 2.24) is 4.90 Å². The molecule has 1 aliphatic rings. The van der Waals surface area contributed by atoms with Crippen LogP contribution in [0.25, 0.3) is 6.08 Å². The summed E-state index contributed by atoms with van der Waals surface area (Å²) >= 11 is 16.4. The van der Waals surface area contributed by atoms with Crippen LogP contribution in [0.15, 0.2) is 64.0 Å². The van der Waals surface area contributed by atoms with Gasteiger partial charge in [-0.15, -0.1) is 0 Å². The Morgan fingerprint density at radius 3 is 2.63 bits per heavy atom. The number of thioether (sulfide) groups is 1. The number of carbonyl (C=O) groups excluding carboxylic acids is 2. The molecule has 10 heteroatoms. The normalized spacial score (nSPS) is 14.7. The van der Waals surface area contributed by atoms with E-state index >= 15 is 0 Å². The Bertz CT molecular complexity index is 1350. The van der Waals surface area contributed by atoms with E-state index in [9.17, 15) is 14.0 Å². The van der Waals surface area contributed by atoms with E-state index in [-0.39, 0.29) is 23.9 Å². The van der Waals surface area contributed by atoms with Gasteiger partial charge in [0, 0.05) is 10.0 Å². The smallest absolute Gasteiger partial charge is 0.293 e. The van der Waals surface area contributed by atoms with Crippen LogP contribution in [0.3, 0.4) is 0 Å².